The molecule has 0 saturated carbocycles. The number of carboxylic acids is 1. The van der Waals surface area contributed by atoms with Gasteiger partial charge in [-0.1, -0.05) is 25.1 Å². The first-order valence-electron chi connectivity index (χ1n) is 6.11. The second-order valence-corrected chi connectivity index (χ2v) is 4.08. The second kappa shape index (κ2) is 5.96. The zero-order valence-corrected chi connectivity index (χ0v) is 10.9. The maximum Gasteiger partial charge on any atom is 0.323 e. The van der Waals surface area contributed by atoms with Crippen molar-refractivity contribution in [3.8, 4) is 0 Å². The van der Waals surface area contributed by atoms with Crippen LogP contribution >= 0.6 is 0 Å². The van der Waals surface area contributed by atoms with E-state index >= 15 is 0 Å². The summed E-state index contributed by atoms with van der Waals surface area (Å²) >= 11 is 0. The van der Waals surface area contributed by atoms with E-state index in [-0.39, 0.29) is 5.82 Å². The summed E-state index contributed by atoms with van der Waals surface area (Å²) in [7, 11) is 0. The lowest BCUT2D eigenvalue weighted by Gasteiger charge is -2.18. The lowest BCUT2D eigenvalue weighted by atomic mass is 10.2. The number of nitrogens with zero attached hydrogens (tertiary/aromatic N) is 3. The number of aliphatic carboxylic acids is 1. The van der Waals surface area contributed by atoms with Crippen molar-refractivity contribution in [2.24, 2.45) is 0 Å². The molecule has 2 rings (SSSR count). The average molecular weight is 274 g/mol. The van der Waals surface area contributed by atoms with Crippen LogP contribution in [0.5, 0.6) is 0 Å². The van der Waals surface area contributed by atoms with E-state index in [1.807, 2.05) is 6.92 Å². The van der Waals surface area contributed by atoms with E-state index in [0.29, 0.717) is 17.9 Å². The van der Waals surface area contributed by atoms with Gasteiger partial charge in [-0.25, -0.2) is 4.98 Å². The van der Waals surface area contributed by atoms with E-state index < -0.39 is 18.4 Å². The number of nitrogens with one attached hydrogen (secondary N) is 1. The van der Waals surface area contributed by atoms with Crippen LogP contribution in [0.3, 0.4) is 0 Å². The quantitative estimate of drug-likeness (QED) is 0.850. The molecule has 1 aromatic carbocycles. The van der Waals surface area contributed by atoms with Gasteiger partial charge in [0, 0.05) is 12.1 Å². The van der Waals surface area contributed by atoms with Gasteiger partial charge in [-0.3, -0.25) is 19.6 Å². The molecule has 104 valence electrons. The number of rotatable bonds is 5. The summed E-state index contributed by atoms with van der Waals surface area (Å²) in [6, 6.07) is 8.57. The van der Waals surface area contributed by atoms with Crippen LogP contribution in [0.4, 0.5) is 5.69 Å². The first-order chi connectivity index (χ1) is 9.61. The number of carbonyl (C=O) groups excluding carboxylic acids is 1. The van der Waals surface area contributed by atoms with Crippen molar-refractivity contribution in [3.63, 3.8) is 0 Å². The third-order valence-electron chi connectivity index (χ3n) is 2.66. The number of carbonyl (C=O) groups is 2. The van der Waals surface area contributed by atoms with Gasteiger partial charge in [0.2, 0.25) is 5.82 Å². The number of carboxylic acid groups (broad SMARTS) is 1. The molecule has 20 heavy (non-hydrogen) atoms. The van der Waals surface area contributed by atoms with Crippen molar-refractivity contribution in [3.05, 3.63) is 42.0 Å². The maximum absolute atomic E-state index is 12.3. The zero-order chi connectivity index (χ0) is 14.5. The van der Waals surface area contributed by atoms with Crippen LogP contribution in [-0.4, -0.2) is 38.7 Å². The average Bonchev–Trinajstić information content (AvgIpc) is 2.94. The molecule has 0 aliphatic carbocycles. The smallest absolute Gasteiger partial charge is 0.323 e. The Morgan fingerprint density at radius 1 is 1.30 bits per heavy atom. The standard InChI is InChI=1S/C13H14N4O3/c1-2-10-14-12(16-15-10)13(20)17(8-11(18)19)9-6-4-3-5-7-9/h3-7H,2,8H2,1H3,(H,18,19)(H,14,15,16). The molecule has 0 aliphatic rings. The molecule has 2 N–H and O–H groups in total. The lowest BCUT2D eigenvalue weighted by Crippen LogP contribution is -2.36. The number of benzene rings is 1. The van der Waals surface area contributed by atoms with Crippen LogP contribution in [0.1, 0.15) is 23.4 Å². The molecular weight excluding hydrogens is 260 g/mol. The number of H-pyrrole nitrogens is 1. The van der Waals surface area contributed by atoms with Gasteiger partial charge in [0.25, 0.3) is 5.91 Å². The van der Waals surface area contributed by atoms with E-state index in [1.165, 1.54) is 0 Å². The Balaban J connectivity index is 2.31. The van der Waals surface area contributed by atoms with E-state index in [0.717, 1.165) is 4.90 Å². The fraction of sp³-hybridized carbons (Fsp3) is 0.231. The summed E-state index contributed by atoms with van der Waals surface area (Å²) in [4.78, 5) is 28.4. The molecule has 0 bridgehead atoms. The van der Waals surface area contributed by atoms with Crippen LogP contribution in [0.2, 0.25) is 0 Å². The number of anilines is 1. The van der Waals surface area contributed by atoms with Gasteiger partial charge in [0.15, 0.2) is 0 Å². The number of aromatic nitrogens is 3. The topological polar surface area (TPSA) is 99.2 Å². The number of aryl methyl sites for hydroxylation is 1. The van der Waals surface area contributed by atoms with Gasteiger partial charge in [-0.2, -0.15) is 0 Å². The highest BCUT2D eigenvalue weighted by atomic mass is 16.4. The van der Waals surface area contributed by atoms with Crippen LogP contribution in [0.15, 0.2) is 30.3 Å². The Morgan fingerprint density at radius 3 is 2.55 bits per heavy atom. The molecule has 1 heterocycles. The Hall–Kier alpha value is -2.70. The first kappa shape index (κ1) is 13.7. The number of para-hydroxylation sites is 1. The minimum Gasteiger partial charge on any atom is -0.480 e. The summed E-state index contributed by atoms with van der Waals surface area (Å²) in [6.45, 7) is 1.43. The predicted molar refractivity (Wildman–Crippen MR) is 71.5 cm³/mol. The van der Waals surface area contributed by atoms with Gasteiger partial charge in [-0.15, -0.1) is 5.10 Å². The first-order valence-corrected chi connectivity index (χ1v) is 6.11. The Kier molecular flexibility index (Phi) is 4.09. The van der Waals surface area contributed by atoms with Crippen LogP contribution in [-0.2, 0) is 11.2 Å². The van der Waals surface area contributed by atoms with Crippen molar-refractivity contribution >= 4 is 17.6 Å². The number of amides is 1. The fourth-order valence-corrected chi connectivity index (χ4v) is 1.69. The second-order valence-electron chi connectivity index (χ2n) is 4.08. The summed E-state index contributed by atoms with van der Waals surface area (Å²) in [5.41, 5.74) is 0.489. The van der Waals surface area contributed by atoms with Gasteiger partial charge < -0.3 is 5.11 Å². The maximum atomic E-state index is 12.3. The zero-order valence-electron chi connectivity index (χ0n) is 10.9. The van der Waals surface area contributed by atoms with Gasteiger partial charge in [0.1, 0.15) is 12.4 Å². The molecule has 0 saturated heterocycles. The molecular formula is C13H14N4O3. The van der Waals surface area contributed by atoms with Crippen LogP contribution in [0.25, 0.3) is 0 Å². The molecule has 0 fully saturated rings. The van der Waals surface area contributed by atoms with Crippen molar-refractivity contribution < 1.29 is 14.7 Å². The van der Waals surface area contributed by atoms with Crippen molar-refractivity contribution in [2.75, 3.05) is 11.4 Å². The SMILES string of the molecule is CCc1nc(C(=O)N(CC(=O)O)c2ccccc2)n[nH]1. The molecule has 0 atom stereocenters. The van der Waals surface area contributed by atoms with Crippen LogP contribution < -0.4 is 4.90 Å². The Bertz CT molecular complexity index is 609. The van der Waals surface area contributed by atoms with Crippen molar-refractivity contribution in [1.29, 1.82) is 0 Å². The normalized spacial score (nSPS) is 10.2. The molecule has 1 aromatic heterocycles. The van der Waals surface area contributed by atoms with Crippen molar-refractivity contribution in [1.82, 2.24) is 15.2 Å². The minimum absolute atomic E-state index is 0.0352. The summed E-state index contributed by atoms with van der Waals surface area (Å²) in [6.07, 6.45) is 0.616. The highest BCUT2D eigenvalue weighted by Gasteiger charge is 2.23. The highest BCUT2D eigenvalue weighted by molar-refractivity contribution is 6.05. The van der Waals surface area contributed by atoms with Gasteiger partial charge >= 0.3 is 5.97 Å². The molecule has 7 heteroatoms. The van der Waals surface area contributed by atoms with Gasteiger partial charge in [0.05, 0.1) is 0 Å². The third kappa shape index (κ3) is 3.00. The fourth-order valence-electron chi connectivity index (χ4n) is 1.69. The van der Waals surface area contributed by atoms with E-state index in [1.54, 1.807) is 30.3 Å². The number of hydrogen-bond acceptors (Lipinski definition) is 4. The third-order valence-corrected chi connectivity index (χ3v) is 2.66. The largest absolute Gasteiger partial charge is 0.480 e. The molecule has 0 spiro atoms. The molecule has 0 radical (unpaired) electrons. The molecule has 0 unspecified atom stereocenters. The van der Waals surface area contributed by atoms with Gasteiger partial charge in [-0.05, 0) is 12.1 Å². The minimum atomic E-state index is -1.10. The van der Waals surface area contributed by atoms with Crippen molar-refractivity contribution in [2.45, 2.75) is 13.3 Å². The predicted octanol–water partition coefficient (Wildman–Crippen LogP) is 1.10. The Morgan fingerprint density at radius 2 is 2.00 bits per heavy atom. The molecule has 0 aliphatic heterocycles. The number of hydrogen-bond donors (Lipinski definition) is 2. The van der Waals surface area contributed by atoms with E-state index in [9.17, 15) is 9.59 Å². The summed E-state index contributed by atoms with van der Waals surface area (Å²) < 4.78 is 0. The molecule has 7 nitrogen and oxygen atoms in total. The molecule has 1 amide bonds. The number of aromatic amines is 1. The van der Waals surface area contributed by atoms with Crippen LogP contribution in [0, 0.1) is 0 Å². The van der Waals surface area contributed by atoms with E-state index in [4.69, 9.17) is 5.11 Å². The van der Waals surface area contributed by atoms with E-state index in [2.05, 4.69) is 15.2 Å². The molecule has 2 aromatic rings. The monoisotopic (exact) mass is 274 g/mol. The summed E-state index contributed by atoms with van der Waals surface area (Å²) in [5, 5.41) is 15.4. The highest BCUT2D eigenvalue weighted by Crippen LogP contribution is 2.15. The lowest BCUT2D eigenvalue weighted by molar-refractivity contribution is -0.135. The summed E-state index contributed by atoms with van der Waals surface area (Å²) in [5.74, 6) is -1.10. The Labute approximate surface area is 115 Å².